The largest absolute Gasteiger partial charge is 0.382 e. The van der Waals surface area contributed by atoms with E-state index >= 15 is 0 Å². The fourth-order valence-electron chi connectivity index (χ4n) is 1.65. The molecule has 0 bridgehead atoms. The minimum Gasteiger partial charge on any atom is -0.382 e. The molecule has 0 spiro atoms. The van der Waals surface area contributed by atoms with Gasteiger partial charge in [-0.25, -0.2) is 14.4 Å². The van der Waals surface area contributed by atoms with Crippen LogP contribution in [0.1, 0.15) is 24.1 Å². The van der Waals surface area contributed by atoms with E-state index in [2.05, 4.69) is 15.3 Å². The second kappa shape index (κ2) is 5.40. The molecule has 1 unspecified atom stereocenters. The lowest BCUT2D eigenvalue weighted by Crippen LogP contribution is -2.10. The van der Waals surface area contributed by atoms with Crippen molar-refractivity contribution in [2.75, 3.05) is 11.1 Å². The molecule has 0 aliphatic rings. The average molecular weight is 281 g/mol. The van der Waals surface area contributed by atoms with Gasteiger partial charge in [-0.2, -0.15) is 0 Å². The van der Waals surface area contributed by atoms with Gasteiger partial charge in [0.1, 0.15) is 23.0 Å². The molecule has 0 amide bonds. The van der Waals surface area contributed by atoms with Gasteiger partial charge in [-0.15, -0.1) is 0 Å². The zero-order valence-electron chi connectivity index (χ0n) is 10.6. The van der Waals surface area contributed by atoms with Crippen molar-refractivity contribution in [3.8, 4) is 0 Å². The molecule has 0 radical (unpaired) electrons. The van der Waals surface area contributed by atoms with Crippen molar-refractivity contribution in [1.29, 1.82) is 0 Å². The number of anilines is 2. The molecule has 1 heterocycles. The van der Waals surface area contributed by atoms with E-state index in [-0.39, 0.29) is 22.7 Å². The van der Waals surface area contributed by atoms with Crippen molar-refractivity contribution >= 4 is 23.2 Å². The van der Waals surface area contributed by atoms with Gasteiger partial charge in [0.2, 0.25) is 0 Å². The van der Waals surface area contributed by atoms with Gasteiger partial charge in [0.15, 0.2) is 5.82 Å². The summed E-state index contributed by atoms with van der Waals surface area (Å²) in [6.45, 7) is 3.61. The molecule has 100 valence electrons. The van der Waals surface area contributed by atoms with Crippen LogP contribution in [0.4, 0.5) is 16.0 Å². The highest BCUT2D eigenvalue weighted by atomic mass is 35.5. The molecule has 19 heavy (non-hydrogen) atoms. The third kappa shape index (κ3) is 2.93. The lowest BCUT2D eigenvalue weighted by Gasteiger charge is -2.16. The summed E-state index contributed by atoms with van der Waals surface area (Å²) < 4.78 is 13.5. The van der Waals surface area contributed by atoms with Crippen LogP contribution in [0.15, 0.2) is 24.5 Å². The Balaban J connectivity index is 2.23. The van der Waals surface area contributed by atoms with Crippen LogP contribution in [0.25, 0.3) is 0 Å². The van der Waals surface area contributed by atoms with Crippen molar-refractivity contribution in [1.82, 2.24) is 9.97 Å². The molecule has 1 aromatic heterocycles. The van der Waals surface area contributed by atoms with E-state index in [0.29, 0.717) is 11.4 Å². The third-order valence-corrected chi connectivity index (χ3v) is 3.24. The number of aryl methyl sites for hydroxylation is 1. The highest BCUT2D eigenvalue weighted by Gasteiger charge is 2.12. The molecule has 0 aliphatic heterocycles. The number of nitrogens with one attached hydrogen (secondary N) is 1. The Morgan fingerprint density at radius 1 is 1.37 bits per heavy atom. The van der Waals surface area contributed by atoms with E-state index in [1.807, 2.05) is 13.0 Å². The molecule has 0 fully saturated rings. The maximum absolute atomic E-state index is 13.5. The third-order valence-electron chi connectivity index (χ3n) is 2.87. The van der Waals surface area contributed by atoms with E-state index in [1.165, 1.54) is 12.4 Å². The summed E-state index contributed by atoms with van der Waals surface area (Å²) in [7, 11) is 0. The predicted octanol–water partition coefficient (Wildman–Crippen LogP) is 3.33. The van der Waals surface area contributed by atoms with E-state index in [0.717, 1.165) is 5.56 Å². The highest BCUT2D eigenvalue weighted by molar-refractivity contribution is 6.35. The Kier molecular flexibility index (Phi) is 3.85. The van der Waals surface area contributed by atoms with Crippen LogP contribution < -0.4 is 11.1 Å². The van der Waals surface area contributed by atoms with Gasteiger partial charge in [0.25, 0.3) is 0 Å². The lowest BCUT2D eigenvalue weighted by atomic mass is 10.1. The van der Waals surface area contributed by atoms with Crippen molar-refractivity contribution in [2.45, 2.75) is 19.9 Å². The summed E-state index contributed by atoms with van der Waals surface area (Å²) in [6, 6.07) is 4.93. The maximum atomic E-state index is 13.5. The van der Waals surface area contributed by atoms with Crippen LogP contribution in [0, 0.1) is 12.7 Å². The lowest BCUT2D eigenvalue weighted by molar-refractivity contribution is 0.614. The van der Waals surface area contributed by atoms with Crippen LogP contribution in [0.5, 0.6) is 0 Å². The van der Waals surface area contributed by atoms with E-state index in [9.17, 15) is 4.39 Å². The van der Waals surface area contributed by atoms with Crippen LogP contribution in [-0.2, 0) is 0 Å². The minimum atomic E-state index is -0.237. The molecule has 2 aromatic rings. The first kappa shape index (κ1) is 13.5. The van der Waals surface area contributed by atoms with Gasteiger partial charge in [0, 0.05) is 0 Å². The number of nitrogens with zero attached hydrogens (tertiary/aromatic N) is 2. The summed E-state index contributed by atoms with van der Waals surface area (Å²) >= 11 is 5.99. The number of nitrogens with two attached hydrogens (primary N) is 1. The Morgan fingerprint density at radius 3 is 2.79 bits per heavy atom. The van der Waals surface area contributed by atoms with Crippen molar-refractivity contribution < 1.29 is 4.39 Å². The monoisotopic (exact) mass is 280 g/mol. The molecule has 0 aliphatic carbocycles. The molecule has 2 rings (SSSR count). The quantitative estimate of drug-likeness (QED) is 0.905. The number of aromatic nitrogens is 2. The molecule has 0 saturated carbocycles. The smallest absolute Gasteiger partial charge is 0.150 e. The van der Waals surface area contributed by atoms with Gasteiger partial charge in [-0.05, 0) is 31.0 Å². The zero-order valence-corrected chi connectivity index (χ0v) is 11.4. The molecule has 1 aromatic carbocycles. The zero-order chi connectivity index (χ0) is 14.0. The van der Waals surface area contributed by atoms with Gasteiger partial charge in [-0.3, -0.25) is 0 Å². The van der Waals surface area contributed by atoms with Gasteiger partial charge in [-0.1, -0.05) is 23.7 Å². The Bertz CT molecular complexity index is 603. The molecule has 3 N–H and O–H groups in total. The van der Waals surface area contributed by atoms with E-state index < -0.39 is 0 Å². The summed E-state index contributed by atoms with van der Waals surface area (Å²) in [5.74, 6) is 0.406. The van der Waals surface area contributed by atoms with Crippen LogP contribution >= 0.6 is 11.6 Å². The Morgan fingerprint density at radius 2 is 2.11 bits per heavy atom. The summed E-state index contributed by atoms with van der Waals surface area (Å²) in [5, 5.41) is 3.35. The van der Waals surface area contributed by atoms with Crippen molar-refractivity contribution in [3.05, 3.63) is 46.5 Å². The topological polar surface area (TPSA) is 63.8 Å². The molecular formula is C13H14ClFN4. The summed E-state index contributed by atoms with van der Waals surface area (Å²) in [4.78, 5) is 7.80. The second-order valence-electron chi connectivity index (χ2n) is 4.30. The Labute approximate surface area is 115 Å². The number of benzene rings is 1. The number of nitrogen functional groups attached to an aromatic ring is 1. The first-order chi connectivity index (χ1) is 8.99. The SMILES string of the molecule is Cc1ccc(C(C)Nc2ncnc(N)c2Cl)cc1F. The number of halogens is 2. The highest BCUT2D eigenvalue weighted by Crippen LogP contribution is 2.27. The fourth-order valence-corrected chi connectivity index (χ4v) is 1.80. The fraction of sp³-hybridized carbons (Fsp3) is 0.231. The normalized spacial score (nSPS) is 12.2. The predicted molar refractivity (Wildman–Crippen MR) is 74.6 cm³/mol. The molecule has 1 atom stereocenters. The van der Waals surface area contributed by atoms with Gasteiger partial charge < -0.3 is 11.1 Å². The second-order valence-corrected chi connectivity index (χ2v) is 4.67. The number of hydrogen-bond acceptors (Lipinski definition) is 4. The van der Waals surface area contributed by atoms with E-state index in [4.69, 9.17) is 17.3 Å². The summed E-state index contributed by atoms with van der Waals surface area (Å²) in [6.07, 6.45) is 1.33. The Hall–Kier alpha value is -1.88. The molecule has 0 saturated heterocycles. The molecular weight excluding hydrogens is 267 g/mol. The van der Waals surface area contributed by atoms with Crippen molar-refractivity contribution in [2.24, 2.45) is 0 Å². The summed E-state index contributed by atoms with van der Waals surface area (Å²) in [5.41, 5.74) is 7.01. The molecule has 4 nitrogen and oxygen atoms in total. The van der Waals surface area contributed by atoms with E-state index in [1.54, 1.807) is 13.0 Å². The standard InChI is InChI=1S/C13H14ClFN4/c1-7-3-4-9(5-10(7)15)8(2)19-13-11(14)12(16)17-6-18-13/h3-6,8H,1-2H3,(H3,16,17,18,19). The maximum Gasteiger partial charge on any atom is 0.150 e. The van der Waals surface area contributed by atoms with Gasteiger partial charge >= 0.3 is 0 Å². The van der Waals surface area contributed by atoms with Gasteiger partial charge in [0.05, 0.1) is 6.04 Å². The van der Waals surface area contributed by atoms with Crippen molar-refractivity contribution in [3.63, 3.8) is 0 Å². The number of rotatable bonds is 3. The minimum absolute atomic E-state index is 0.151. The first-order valence-corrected chi connectivity index (χ1v) is 6.15. The van der Waals surface area contributed by atoms with Crippen LogP contribution in [0.3, 0.4) is 0 Å². The molecule has 6 heteroatoms. The van der Waals surface area contributed by atoms with Crippen LogP contribution in [-0.4, -0.2) is 9.97 Å². The van der Waals surface area contributed by atoms with Crippen LogP contribution in [0.2, 0.25) is 5.02 Å². The number of hydrogen-bond donors (Lipinski definition) is 2. The first-order valence-electron chi connectivity index (χ1n) is 5.77. The average Bonchev–Trinajstić information content (AvgIpc) is 2.38.